The Kier molecular flexibility index (Phi) is 9.19. The second kappa shape index (κ2) is 12.1. The lowest BCUT2D eigenvalue weighted by Crippen LogP contribution is -2.50. The van der Waals surface area contributed by atoms with Gasteiger partial charge in [0.25, 0.3) is 11.8 Å². The minimum atomic E-state index is -6.36. The van der Waals surface area contributed by atoms with Crippen LogP contribution >= 0.6 is 31.9 Å². The molecule has 44 heavy (non-hydrogen) atoms. The number of nitrogens with zero attached hydrogens (tertiary/aromatic N) is 2. The topological polar surface area (TPSA) is 73.2 Å². The van der Waals surface area contributed by atoms with Crippen LogP contribution in [0.3, 0.4) is 0 Å². The molecule has 5 nitrogen and oxygen atoms in total. The van der Waals surface area contributed by atoms with E-state index in [-0.39, 0.29) is 35.8 Å². The predicted molar refractivity (Wildman–Crippen MR) is 151 cm³/mol. The zero-order valence-corrected chi connectivity index (χ0v) is 25.5. The summed E-state index contributed by atoms with van der Waals surface area (Å²) in [7, 11) is 0. The number of hydrogen-bond donors (Lipinski definition) is 1. The third kappa shape index (κ3) is 6.32. The molecule has 0 aromatic heterocycles. The van der Waals surface area contributed by atoms with Gasteiger partial charge in [-0.2, -0.15) is 31.6 Å². The molecule has 1 N–H and O–H groups in total. The molecule has 3 aromatic carbocycles. The molecule has 0 bridgehead atoms. The van der Waals surface area contributed by atoms with Crippen LogP contribution in [-0.4, -0.2) is 30.7 Å². The number of benzene rings is 3. The summed E-state index contributed by atoms with van der Waals surface area (Å²) in [6, 6.07) is 10.4. The number of nitrogens with one attached hydrogen (secondary N) is 1. The van der Waals surface area contributed by atoms with Crippen LogP contribution < -0.4 is 10.2 Å². The Morgan fingerprint density at radius 3 is 2.07 bits per heavy atom. The average Bonchev–Trinajstić information content (AvgIpc) is 3.76. The molecule has 15 heteroatoms. The van der Waals surface area contributed by atoms with Gasteiger partial charge in [0.1, 0.15) is 0 Å². The summed E-state index contributed by atoms with van der Waals surface area (Å²) in [6.07, 6.45) is -11.1. The summed E-state index contributed by atoms with van der Waals surface area (Å²) >= 11 is 5.53. The highest BCUT2D eigenvalue weighted by molar-refractivity contribution is 9.11. The normalized spacial score (nSPS) is 13.8. The first kappa shape index (κ1) is 33.4. The first-order valence-electron chi connectivity index (χ1n) is 12.6. The molecule has 1 saturated carbocycles. The van der Waals surface area contributed by atoms with Crippen LogP contribution in [0.2, 0.25) is 0 Å². The summed E-state index contributed by atoms with van der Waals surface area (Å²) in [5.41, 5.74) is -7.74. The van der Waals surface area contributed by atoms with Crippen molar-refractivity contribution in [1.82, 2.24) is 0 Å². The fourth-order valence-electron chi connectivity index (χ4n) is 4.39. The molecule has 3 aromatic rings. The average molecular weight is 753 g/mol. The minimum Gasteiger partial charge on any atom is -0.320 e. The maximum Gasteiger partial charge on any atom is 0.435 e. The van der Waals surface area contributed by atoms with Crippen LogP contribution in [0.5, 0.6) is 0 Å². The molecule has 0 aliphatic heterocycles. The molecule has 0 heterocycles. The minimum absolute atomic E-state index is 0.0803. The summed E-state index contributed by atoms with van der Waals surface area (Å²) in [5.74, 6) is -2.79. The van der Waals surface area contributed by atoms with E-state index in [0.717, 1.165) is 18.9 Å². The van der Waals surface area contributed by atoms with E-state index in [0.29, 0.717) is 11.1 Å². The van der Waals surface area contributed by atoms with Gasteiger partial charge in [-0.05, 0) is 106 Å². The number of alkyl halides is 7. The summed E-state index contributed by atoms with van der Waals surface area (Å²) in [6.45, 7) is 1.76. The Morgan fingerprint density at radius 2 is 1.57 bits per heavy atom. The van der Waals surface area contributed by atoms with E-state index in [4.69, 9.17) is 0 Å². The SMILES string of the molecule is Cc1cc(C(=O)N(CC2CC2)c2cccc(C(=O)Nc3c(Br)cc(C(F)(C(F)(F)F)C(F)(F)F)cc3Br)c2F)ccc1C#N. The molecule has 0 saturated heterocycles. The molecule has 1 fully saturated rings. The van der Waals surface area contributed by atoms with Crippen molar-refractivity contribution in [2.24, 2.45) is 5.92 Å². The molecule has 0 unspecified atom stereocenters. The van der Waals surface area contributed by atoms with E-state index >= 15 is 4.39 Å². The number of carbonyl (C=O) groups is 2. The molecule has 1 aliphatic carbocycles. The van der Waals surface area contributed by atoms with Gasteiger partial charge < -0.3 is 10.2 Å². The molecule has 0 atom stereocenters. The highest BCUT2D eigenvalue weighted by Crippen LogP contribution is 2.54. The number of carbonyl (C=O) groups excluding carboxylic acids is 2. The second-order valence-corrected chi connectivity index (χ2v) is 11.8. The molecule has 4 rings (SSSR count). The number of aryl methyl sites for hydroxylation is 1. The Morgan fingerprint density at radius 1 is 0.977 bits per heavy atom. The Hall–Kier alpha value is -3.51. The number of hydrogen-bond acceptors (Lipinski definition) is 3. The highest BCUT2D eigenvalue weighted by Gasteiger charge is 2.73. The van der Waals surface area contributed by atoms with Gasteiger partial charge >= 0.3 is 18.0 Å². The first-order chi connectivity index (χ1) is 20.4. The Labute approximate surface area is 262 Å². The summed E-state index contributed by atoms with van der Waals surface area (Å²) in [4.78, 5) is 27.8. The molecule has 1 aliphatic rings. The van der Waals surface area contributed by atoms with Gasteiger partial charge in [0.2, 0.25) is 0 Å². The van der Waals surface area contributed by atoms with E-state index in [1.807, 2.05) is 6.07 Å². The molecular weight excluding hydrogens is 734 g/mol. The van der Waals surface area contributed by atoms with E-state index in [9.17, 15) is 45.6 Å². The van der Waals surface area contributed by atoms with Crippen molar-refractivity contribution in [3.8, 4) is 6.07 Å². The first-order valence-corrected chi connectivity index (χ1v) is 14.2. The Balaban J connectivity index is 1.69. The van der Waals surface area contributed by atoms with Crippen LogP contribution in [0.15, 0.2) is 57.5 Å². The standard InChI is InChI=1S/C29H19Br2F8N3O2/c1-14-9-16(7-8-17(14)12-40)26(44)42(13-15-5-6-15)22-4-2-3-19(23(22)32)25(43)41-24-20(30)10-18(11-21(24)31)27(33,28(34,35)36)29(37,38)39/h2-4,7-11,15H,5-6,13H2,1H3,(H,41,43). The van der Waals surface area contributed by atoms with Gasteiger partial charge in [-0.3, -0.25) is 9.59 Å². The van der Waals surface area contributed by atoms with E-state index in [2.05, 4.69) is 37.2 Å². The molecule has 232 valence electrons. The van der Waals surface area contributed by atoms with Crippen molar-refractivity contribution in [2.45, 2.75) is 37.8 Å². The van der Waals surface area contributed by atoms with E-state index in [1.54, 1.807) is 6.92 Å². The smallest absolute Gasteiger partial charge is 0.320 e. The van der Waals surface area contributed by atoms with Gasteiger partial charge in [0, 0.05) is 26.6 Å². The van der Waals surface area contributed by atoms with Crippen LogP contribution in [0.4, 0.5) is 46.5 Å². The third-order valence-corrected chi connectivity index (χ3v) is 8.20. The quantitative estimate of drug-likeness (QED) is 0.245. The van der Waals surface area contributed by atoms with Crippen molar-refractivity contribution < 1.29 is 44.7 Å². The molecule has 0 spiro atoms. The number of rotatable bonds is 7. The van der Waals surface area contributed by atoms with Crippen LogP contribution in [-0.2, 0) is 5.67 Å². The summed E-state index contributed by atoms with van der Waals surface area (Å²) < 4.78 is 109. The van der Waals surface area contributed by atoms with Crippen LogP contribution in [0.1, 0.15) is 50.2 Å². The predicted octanol–water partition coefficient (Wildman–Crippen LogP) is 9.13. The monoisotopic (exact) mass is 751 g/mol. The van der Waals surface area contributed by atoms with Gasteiger partial charge in [-0.25, -0.2) is 8.78 Å². The van der Waals surface area contributed by atoms with E-state index < -0.39 is 61.4 Å². The largest absolute Gasteiger partial charge is 0.435 e. The third-order valence-electron chi connectivity index (χ3n) is 6.95. The number of nitriles is 1. The zero-order chi connectivity index (χ0) is 32.8. The number of halogens is 10. The fraction of sp³-hybridized carbons (Fsp3) is 0.276. The van der Waals surface area contributed by atoms with Crippen LogP contribution in [0.25, 0.3) is 0 Å². The number of anilines is 2. The lowest BCUT2D eigenvalue weighted by molar-refractivity contribution is -0.348. The van der Waals surface area contributed by atoms with Crippen molar-refractivity contribution >= 4 is 55.0 Å². The van der Waals surface area contributed by atoms with Crippen LogP contribution in [0, 0.1) is 30.0 Å². The van der Waals surface area contributed by atoms with Gasteiger partial charge in [-0.15, -0.1) is 0 Å². The van der Waals surface area contributed by atoms with Gasteiger partial charge in [-0.1, -0.05) is 6.07 Å². The van der Waals surface area contributed by atoms with Crippen molar-refractivity contribution in [1.29, 1.82) is 5.26 Å². The number of amides is 2. The maximum absolute atomic E-state index is 15.9. The highest BCUT2D eigenvalue weighted by atomic mass is 79.9. The maximum atomic E-state index is 15.9. The zero-order valence-electron chi connectivity index (χ0n) is 22.3. The van der Waals surface area contributed by atoms with E-state index in [1.165, 1.54) is 35.2 Å². The van der Waals surface area contributed by atoms with Crippen molar-refractivity contribution in [3.05, 3.63) is 91.1 Å². The molecule has 0 radical (unpaired) electrons. The fourth-order valence-corrected chi connectivity index (χ4v) is 5.78. The lowest BCUT2D eigenvalue weighted by atomic mass is 9.94. The second-order valence-electron chi connectivity index (χ2n) is 10.1. The van der Waals surface area contributed by atoms with Gasteiger partial charge in [0.15, 0.2) is 5.82 Å². The lowest BCUT2D eigenvalue weighted by Gasteiger charge is -2.31. The molecular formula is C29H19Br2F8N3O2. The van der Waals surface area contributed by atoms with Crippen molar-refractivity contribution in [2.75, 3.05) is 16.8 Å². The Bertz CT molecular complexity index is 1640. The summed E-state index contributed by atoms with van der Waals surface area (Å²) in [5, 5.41) is 11.4. The van der Waals surface area contributed by atoms with Crippen molar-refractivity contribution in [3.63, 3.8) is 0 Å². The molecule has 2 amide bonds. The van der Waals surface area contributed by atoms with Gasteiger partial charge in [0.05, 0.1) is 28.6 Å².